The van der Waals surface area contributed by atoms with Gasteiger partial charge in [0.2, 0.25) is 11.8 Å². The van der Waals surface area contributed by atoms with E-state index >= 15 is 0 Å². The molecular formula is C28H29FN4O3. The fraction of sp³-hybridized carbons (Fsp3) is 0.429. The lowest BCUT2D eigenvalue weighted by atomic mass is 9.80. The third kappa shape index (κ3) is 3.83. The van der Waals surface area contributed by atoms with Gasteiger partial charge in [0.05, 0.1) is 11.5 Å². The average Bonchev–Trinajstić information content (AvgIpc) is 3.35. The minimum absolute atomic E-state index is 0.0807. The van der Waals surface area contributed by atoms with Crippen molar-refractivity contribution >= 4 is 23.4 Å². The van der Waals surface area contributed by atoms with Gasteiger partial charge >= 0.3 is 0 Å². The third-order valence-electron chi connectivity index (χ3n) is 7.56. The van der Waals surface area contributed by atoms with Gasteiger partial charge < -0.3 is 15.1 Å². The molecule has 0 radical (unpaired) electrons. The van der Waals surface area contributed by atoms with Crippen LogP contribution in [0.1, 0.15) is 55.1 Å². The van der Waals surface area contributed by atoms with Gasteiger partial charge in [0.15, 0.2) is 0 Å². The van der Waals surface area contributed by atoms with Crippen LogP contribution in [0.4, 0.5) is 10.1 Å². The van der Waals surface area contributed by atoms with E-state index in [9.17, 15) is 24.0 Å². The Bertz CT molecular complexity index is 1310. The summed E-state index contributed by atoms with van der Waals surface area (Å²) in [5, 5.41) is 12.9. The predicted molar refractivity (Wildman–Crippen MR) is 131 cm³/mol. The molecule has 1 N–H and O–H groups in total. The van der Waals surface area contributed by atoms with Crippen molar-refractivity contribution in [2.45, 2.75) is 57.5 Å². The first-order valence-corrected chi connectivity index (χ1v) is 12.2. The molecule has 3 aliphatic rings. The summed E-state index contributed by atoms with van der Waals surface area (Å²) in [4.78, 5) is 43.9. The molecule has 0 unspecified atom stereocenters. The van der Waals surface area contributed by atoms with Crippen LogP contribution in [-0.2, 0) is 21.4 Å². The first-order chi connectivity index (χ1) is 17.0. The zero-order valence-corrected chi connectivity index (χ0v) is 20.7. The Labute approximate surface area is 209 Å². The number of nitrogens with one attached hydrogen (secondary N) is 1. The molecule has 2 aromatic rings. The van der Waals surface area contributed by atoms with Crippen molar-refractivity contribution in [3.05, 3.63) is 65.0 Å². The van der Waals surface area contributed by atoms with Crippen LogP contribution in [0.2, 0.25) is 0 Å². The highest BCUT2D eigenvalue weighted by atomic mass is 19.1. The van der Waals surface area contributed by atoms with Gasteiger partial charge in [-0.05, 0) is 53.6 Å². The highest BCUT2D eigenvalue weighted by Gasteiger charge is 2.57. The van der Waals surface area contributed by atoms with E-state index in [4.69, 9.17) is 0 Å². The van der Waals surface area contributed by atoms with Gasteiger partial charge in [-0.2, -0.15) is 5.26 Å². The molecule has 3 aliphatic heterocycles. The summed E-state index contributed by atoms with van der Waals surface area (Å²) in [7, 11) is 0. The molecular weight excluding hydrogens is 459 g/mol. The quantitative estimate of drug-likeness (QED) is 0.714. The van der Waals surface area contributed by atoms with Crippen molar-refractivity contribution in [3.63, 3.8) is 0 Å². The Morgan fingerprint density at radius 1 is 1.25 bits per heavy atom. The summed E-state index contributed by atoms with van der Waals surface area (Å²) in [6.45, 7) is 6.36. The van der Waals surface area contributed by atoms with E-state index in [2.05, 4.69) is 11.4 Å². The van der Waals surface area contributed by atoms with Crippen LogP contribution in [0.25, 0.3) is 0 Å². The topological polar surface area (TPSA) is 93.5 Å². The summed E-state index contributed by atoms with van der Waals surface area (Å²) in [6, 6.07) is 12.1. The first kappa shape index (κ1) is 24.0. The van der Waals surface area contributed by atoms with E-state index < -0.39 is 23.3 Å². The summed E-state index contributed by atoms with van der Waals surface area (Å²) >= 11 is 0. The number of anilines is 1. The molecule has 1 spiro atoms. The second-order valence-corrected chi connectivity index (χ2v) is 11.2. The third-order valence-corrected chi connectivity index (χ3v) is 7.56. The molecule has 0 aromatic heterocycles. The van der Waals surface area contributed by atoms with E-state index in [-0.39, 0.29) is 42.6 Å². The van der Waals surface area contributed by atoms with E-state index in [0.29, 0.717) is 29.7 Å². The Kier molecular flexibility index (Phi) is 5.62. The number of amides is 3. The molecule has 0 bridgehead atoms. The predicted octanol–water partition coefficient (Wildman–Crippen LogP) is 3.64. The van der Waals surface area contributed by atoms with E-state index in [0.717, 1.165) is 5.56 Å². The number of para-hydroxylation sites is 1. The lowest BCUT2D eigenvalue weighted by Gasteiger charge is -2.39. The second kappa shape index (κ2) is 8.44. The van der Waals surface area contributed by atoms with Crippen LogP contribution in [0.3, 0.4) is 0 Å². The first-order valence-electron chi connectivity index (χ1n) is 12.2. The molecule has 8 heteroatoms. The highest BCUT2D eigenvalue weighted by Crippen LogP contribution is 2.46. The number of carbonyl (C=O) groups is 3. The van der Waals surface area contributed by atoms with Crippen LogP contribution < -0.4 is 5.32 Å². The smallest absolute Gasteiger partial charge is 0.254 e. The number of hydrogen-bond donors (Lipinski definition) is 1. The van der Waals surface area contributed by atoms with Crippen LogP contribution in [0.5, 0.6) is 0 Å². The summed E-state index contributed by atoms with van der Waals surface area (Å²) in [5.41, 5.74) is 1.24. The van der Waals surface area contributed by atoms with Crippen LogP contribution in [0, 0.1) is 22.6 Å². The Hall–Kier alpha value is -3.73. The molecule has 0 saturated carbocycles. The maximum atomic E-state index is 14.2. The molecule has 186 valence electrons. The summed E-state index contributed by atoms with van der Waals surface area (Å²) in [5.74, 6) is -1.25. The zero-order valence-electron chi connectivity index (χ0n) is 20.7. The van der Waals surface area contributed by atoms with Crippen molar-refractivity contribution in [2.75, 3.05) is 18.4 Å². The summed E-state index contributed by atoms with van der Waals surface area (Å²) < 4.78 is 13.7. The van der Waals surface area contributed by atoms with Gasteiger partial charge in [-0.25, -0.2) is 4.39 Å². The number of fused-ring (bicyclic) bond motifs is 3. The van der Waals surface area contributed by atoms with E-state index in [1.54, 1.807) is 4.90 Å². The van der Waals surface area contributed by atoms with Crippen molar-refractivity contribution in [1.82, 2.24) is 9.80 Å². The molecule has 0 aliphatic carbocycles. The standard InChI is InChI=1S/C28H29FN4O3/c1-27(2,3)14-23(32-11-10-17-12-18(29)8-9-20(17)24(32)34)25(35)33-16-28(13-19(33)15-30)21-6-4-5-7-22(21)31-26(28)36/h4-9,12,19,23H,10-11,13-14,16H2,1-3H3,(H,31,36)/t19-,23-,28-/m0/s1. The normalized spacial score (nSPS) is 23.8. The number of rotatable bonds is 3. The minimum Gasteiger partial charge on any atom is -0.326 e. The van der Waals surface area contributed by atoms with Crippen molar-refractivity contribution in [1.29, 1.82) is 5.26 Å². The zero-order chi connectivity index (χ0) is 25.8. The SMILES string of the molecule is CC(C)(C)C[C@@H](C(=O)N1C[C@]2(C[C@H]1C#N)C(=O)Nc1ccccc12)N1CCc2cc(F)ccc2C1=O. The van der Waals surface area contributed by atoms with Crippen molar-refractivity contribution in [2.24, 2.45) is 5.41 Å². The molecule has 3 atom stereocenters. The lowest BCUT2D eigenvalue weighted by molar-refractivity contribution is -0.137. The Balaban J connectivity index is 1.50. The van der Waals surface area contributed by atoms with Crippen molar-refractivity contribution < 1.29 is 18.8 Å². The number of benzene rings is 2. The monoisotopic (exact) mass is 488 g/mol. The Morgan fingerprint density at radius 2 is 2.00 bits per heavy atom. The van der Waals surface area contributed by atoms with E-state index in [1.807, 2.05) is 45.0 Å². The number of nitriles is 1. The van der Waals surface area contributed by atoms with Gasteiger partial charge in [0.25, 0.3) is 5.91 Å². The van der Waals surface area contributed by atoms with E-state index in [1.165, 1.54) is 23.1 Å². The van der Waals surface area contributed by atoms with Gasteiger partial charge in [-0.3, -0.25) is 14.4 Å². The molecule has 2 aromatic carbocycles. The van der Waals surface area contributed by atoms with Gasteiger partial charge in [-0.15, -0.1) is 0 Å². The second-order valence-electron chi connectivity index (χ2n) is 11.2. The summed E-state index contributed by atoms with van der Waals surface area (Å²) in [6.07, 6.45) is 1.03. The maximum Gasteiger partial charge on any atom is 0.254 e. The van der Waals surface area contributed by atoms with Crippen LogP contribution in [-0.4, -0.2) is 52.7 Å². The number of likely N-dealkylation sites (tertiary alicyclic amines) is 1. The number of halogens is 1. The molecule has 36 heavy (non-hydrogen) atoms. The van der Waals surface area contributed by atoms with Crippen LogP contribution in [0.15, 0.2) is 42.5 Å². The molecule has 3 amide bonds. The molecule has 3 heterocycles. The average molecular weight is 489 g/mol. The van der Waals surface area contributed by atoms with Gasteiger partial charge in [0.1, 0.15) is 17.9 Å². The molecule has 7 nitrogen and oxygen atoms in total. The van der Waals surface area contributed by atoms with Crippen molar-refractivity contribution in [3.8, 4) is 6.07 Å². The van der Waals surface area contributed by atoms with Gasteiger partial charge in [-0.1, -0.05) is 39.0 Å². The lowest BCUT2D eigenvalue weighted by Crippen LogP contribution is -2.55. The van der Waals surface area contributed by atoms with Gasteiger partial charge in [0, 0.05) is 30.8 Å². The van der Waals surface area contributed by atoms with Crippen LogP contribution >= 0.6 is 0 Å². The number of carbonyl (C=O) groups excluding carboxylic acids is 3. The number of nitrogens with zero attached hydrogens (tertiary/aromatic N) is 3. The Morgan fingerprint density at radius 3 is 2.72 bits per heavy atom. The molecule has 1 saturated heterocycles. The fourth-order valence-corrected chi connectivity index (χ4v) is 5.86. The molecule has 5 rings (SSSR count). The largest absolute Gasteiger partial charge is 0.326 e. The minimum atomic E-state index is -0.991. The molecule has 1 fully saturated rings. The maximum absolute atomic E-state index is 14.2. The fourth-order valence-electron chi connectivity index (χ4n) is 5.86. The number of hydrogen-bond acceptors (Lipinski definition) is 4. The highest BCUT2D eigenvalue weighted by molar-refractivity contribution is 6.07.